The van der Waals surface area contributed by atoms with Crippen LogP contribution in [0.4, 0.5) is 0 Å². The van der Waals surface area contributed by atoms with Gasteiger partial charge in [0, 0.05) is 23.7 Å². The Bertz CT molecular complexity index is 1170. The second kappa shape index (κ2) is 6.47. The molecule has 4 saturated carbocycles. The summed E-state index contributed by atoms with van der Waals surface area (Å²) in [5.74, 6) is -0.748. The SMILES string of the molecule is CC1=C2C([C@H]3[C@@H]4C5C6([C@H]7OC(=O)[C@@H](C)[C@@H]7CC[C@]5(C)O[C@]6(C)[C@H]4O)[C@@H]13)[C@@](C)(O)CC[C@H]1[C@H](C)C(=O)O[C@H]21. The number of aliphatic hydroxyl groups is 2. The minimum atomic E-state index is -0.974. The fraction of sp³-hybridized carbons (Fsp3) is 0.867. The molecule has 16 atom stereocenters. The van der Waals surface area contributed by atoms with E-state index < -0.39 is 28.3 Å². The minimum absolute atomic E-state index is 0.00116. The number of carbonyl (C=O) groups excluding carboxylic acids is 2. The van der Waals surface area contributed by atoms with Crippen molar-refractivity contribution in [1.29, 1.82) is 0 Å². The Morgan fingerprint density at radius 1 is 0.892 bits per heavy atom. The van der Waals surface area contributed by atoms with Gasteiger partial charge in [-0.3, -0.25) is 9.59 Å². The highest BCUT2D eigenvalue weighted by Crippen LogP contribution is 2.85. The second-order valence-corrected chi connectivity index (χ2v) is 14.7. The van der Waals surface area contributed by atoms with Gasteiger partial charge in [-0.2, -0.15) is 0 Å². The number of allylic oxidation sites excluding steroid dienone is 1. The maximum atomic E-state index is 13.1. The first kappa shape index (κ1) is 23.4. The second-order valence-electron chi connectivity index (χ2n) is 14.7. The van der Waals surface area contributed by atoms with Crippen LogP contribution in [0.2, 0.25) is 0 Å². The number of rotatable bonds is 0. The average Bonchev–Trinajstić information content (AvgIpc) is 3.53. The molecule has 7 nitrogen and oxygen atoms in total. The summed E-state index contributed by atoms with van der Waals surface area (Å²) >= 11 is 0. The number of carbonyl (C=O) groups is 2. The summed E-state index contributed by atoms with van der Waals surface area (Å²) in [5, 5.41) is 24.2. The Labute approximate surface area is 218 Å². The Morgan fingerprint density at radius 2 is 1.54 bits per heavy atom. The molecule has 37 heavy (non-hydrogen) atoms. The molecule has 8 rings (SSSR count). The number of aliphatic hydroxyl groups excluding tert-OH is 1. The Kier molecular flexibility index (Phi) is 4.10. The molecule has 202 valence electrons. The normalized spacial score (nSPS) is 64.5. The molecule has 0 spiro atoms. The van der Waals surface area contributed by atoms with Gasteiger partial charge in [-0.05, 0) is 76.7 Å². The first-order valence-corrected chi connectivity index (χ1v) is 14.5. The van der Waals surface area contributed by atoms with Crippen molar-refractivity contribution in [2.45, 2.75) is 102 Å². The van der Waals surface area contributed by atoms with E-state index in [1.165, 1.54) is 5.57 Å². The van der Waals surface area contributed by atoms with Crippen LogP contribution in [0, 0.1) is 58.7 Å². The summed E-state index contributed by atoms with van der Waals surface area (Å²) in [6, 6.07) is 0. The molecule has 7 fully saturated rings. The number of hydrogen-bond donors (Lipinski definition) is 2. The van der Waals surface area contributed by atoms with E-state index in [1.54, 1.807) is 0 Å². The molecule has 0 amide bonds. The molecule has 5 bridgehead atoms. The van der Waals surface area contributed by atoms with E-state index in [2.05, 4.69) is 20.8 Å². The van der Waals surface area contributed by atoms with Gasteiger partial charge in [0.1, 0.15) is 17.8 Å². The largest absolute Gasteiger partial charge is 0.461 e. The third-order valence-electron chi connectivity index (χ3n) is 13.5. The monoisotopic (exact) mass is 512 g/mol. The van der Waals surface area contributed by atoms with Crippen molar-refractivity contribution in [2.75, 3.05) is 0 Å². The molecular formula is C30H40O7. The van der Waals surface area contributed by atoms with E-state index in [0.717, 1.165) is 24.8 Å². The number of fused-ring (bicyclic) bond motifs is 7. The highest BCUT2D eigenvalue weighted by atomic mass is 16.6. The summed E-state index contributed by atoms with van der Waals surface area (Å²) < 4.78 is 19.4. The van der Waals surface area contributed by atoms with Gasteiger partial charge in [-0.1, -0.05) is 19.4 Å². The third-order valence-corrected chi connectivity index (χ3v) is 13.5. The van der Waals surface area contributed by atoms with E-state index in [0.29, 0.717) is 6.42 Å². The van der Waals surface area contributed by atoms with E-state index in [9.17, 15) is 19.8 Å². The zero-order chi connectivity index (χ0) is 26.2. The molecule has 7 heteroatoms. The summed E-state index contributed by atoms with van der Waals surface area (Å²) in [6.45, 7) is 12.4. The minimum Gasteiger partial charge on any atom is -0.461 e. The molecule has 2 N–H and O–H groups in total. The molecule has 3 aliphatic heterocycles. The molecule has 0 aromatic heterocycles. The van der Waals surface area contributed by atoms with Gasteiger partial charge in [0.25, 0.3) is 0 Å². The number of esters is 2. The summed E-state index contributed by atoms with van der Waals surface area (Å²) in [7, 11) is 0. The van der Waals surface area contributed by atoms with E-state index in [4.69, 9.17) is 14.2 Å². The highest BCUT2D eigenvalue weighted by molar-refractivity contribution is 5.76. The lowest BCUT2D eigenvalue weighted by Crippen LogP contribution is -2.64. The molecule has 0 aromatic rings. The van der Waals surface area contributed by atoms with Crippen LogP contribution in [-0.4, -0.2) is 57.3 Å². The van der Waals surface area contributed by atoms with Crippen molar-refractivity contribution in [2.24, 2.45) is 58.7 Å². The van der Waals surface area contributed by atoms with Gasteiger partial charge in [0.05, 0.1) is 34.6 Å². The molecule has 3 unspecified atom stereocenters. The first-order valence-electron chi connectivity index (χ1n) is 14.5. The van der Waals surface area contributed by atoms with Gasteiger partial charge in [0.15, 0.2) is 0 Å². The smallest absolute Gasteiger partial charge is 0.309 e. The van der Waals surface area contributed by atoms with Gasteiger partial charge in [-0.15, -0.1) is 0 Å². The van der Waals surface area contributed by atoms with Gasteiger partial charge < -0.3 is 24.4 Å². The average molecular weight is 513 g/mol. The van der Waals surface area contributed by atoms with Crippen LogP contribution in [0.5, 0.6) is 0 Å². The third kappa shape index (κ3) is 2.18. The summed E-state index contributed by atoms with van der Waals surface area (Å²) in [4.78, 5) is 25.8. The Morgan fingerprint density at radius 3 is 2.27 bits per heavy atom. The predicted octanol–water partition coefficient (Wildman–Crippen LogP) is 3.01. The van der Waals surface area contributed by atoms with Crippen LogP contribution < -0.4 is 0 Å². The summed E-state index contributed by atoms with van der Waals surface area (Å²) in [6.07, 6.45) is 1.71. The molecule has 3 saturated heterocycles. The van der Waals surface area contributed by atoms with Crippen molar-refractivity contribution in [1.82, 2.24) is 0 Å². The van der Waals surface area contributed by atoms with Crippen molar-refractivity contribution in [3.05, 3.63) is 11.1 Å². The standard InChI is InChI=1S/C30H40O7/c1-11-14-7-9-27(4,34)20-16(21(14)35-25(11)32)13(3)19-17(20)18-22-28(5)10-8-15-12(2)26(33)36-24(15)30(19,22)29(6,37-28)23(18)31/h11-12,14-15,17-24,31,34H,7-10H2,1-6H3/t11-,12-,14-,15-,17-,18+,19-,20?,21-,22?,23-,24-,27-,28-,29+,30?/m0/s1. The van der Waals surface area contributed by atoms with E-state index >= 15 is 0 Å². The maximum Gasteiger partial charge on any atom is 0.309 e. The van der Waals surface area contributed by atoms with Crippen molar-refractivity contribution in [3.63, 3.8) is 0 Å². The quantitative estimate of drug-likeness (QED) is 0.380. The molecule has 0 radical (unpaired) electrons. The topological polar surface area (TPSA) is 102 Å². The highest BCUT2D eigenvalue weighted by Gasteiger charge is 2.91. The Balaban J connectivity index is 1.39. The zero-order valence-electron chi connectivity index (χ0n) is 22.7. The van der Waals surface area contributed by atoms with Crippen molar-refractivity contribution < 1.29 is 34.0 Å². The fourth-order valence-corrected chi connectivity index (χ4v) is 12.3. The van der Waals surface area contributed by atoms with Crippen LogP contribution in [0.1, 0.15) is 67.2 Å². The first-order chi connectivity index (χ1) is 17.3. The van der Waals surface area contributed by atoms with Crippen LogP contribution in [0.25, 0.3) is 0 Å². The Hall–Kier alpha value is -1.44. The van der Waals surface area contributed by atoms with Crippen LogP contribution in [0.15, 0.2) is 11.1 Å². The predicted molar refractivity (Wildman–Crippen MR) is 131 cm³/mol. The zero-order valence-corrected chi connectivity index (χ0v) is 22.7. The lowest BCUT2D eigenvalue weighted by Gasteiger charge is -2.55. The van der Waals surface area contributed by atoms with E-state index in [-0.39, 0.29) is 77.4 Å². The molecular weight excluding hydrogens is 472 g/mol. The molecule has 5 aliphatic carbocycles. The molecule has 0 aromatic carbocycles. The summed E-state index contributed by atoms with van der Waals surface area (Å²) in [5.41, 5.74) is -0.528. The lowest BCUT2D eigenvalue weighted by molar-refractivity contribution is -0.254. The van der Waals surface area contributed by atoms with Gasteiger partial charge >= 0.3 is 11.9 Å². The number of ether oxygens (including phenoxy) is 3. The lowest BCUT2D eigenvalue weighted by atomic mass is 9.54. The van der Waals surface area contributed by atoms with Crippen LogP contribution in [-0.2, 0) is 23.8 Å². The maximum absolute atomic E-state index is 13.1. The molecule has 3 heterocycles. The van der Waals surface area contributed by atoms with Crippen molar-refractivity contribution >= 4 is 11.9 Å². The fourth-order valence-electron chi connectivity index (χ4n) is 12.3. The van der Waals surface area contributed by atoms with Crippen LogP contribution >= 0.6 is 0 Å². The van der Waals surface area contributed by atoms with Gasteiger partial charge in [0.2, 0.25) is 0 Å². The van der Waals surface area contributed by atoms with Gasteiger partial charge in [-0.25, -0.2) is 0 Å². The van der Waals surface area contributed by atoms with Crippen molar-refractivity contribution in [3.8, 4) is 0 Å². The van der Waals surface area contributed by atoms with E-state index in [1.807, 2.05) is 20.8 Å². The van der Waals surface area contributed by atoms with Crippen LogP contribution in [0.3, 0.4) is 0 Å². The molecule has 8 aliphatic rings. The number of hydrogen-bond acceptors (Lipinski definition) is 7.